The number of unbranched alkanes of at least 4 members (excludes halogenated alkanes) is 7. The minimum Gasteiger partial charge on any atom is -0.394 e. The maximum atomic E-state index is 9.78. The minimum absolute atomic E-state index is 0.0958. The molecule has 0 aliphatic carbocycles. The number of aliphatic hydroxyl groups excluding tert-OH is 3. The van der Waals surface area contributed by atoms with Crippen LogP contribution in [0.3, 0.4) is 0 Å². The highest BCUT2D eigenvalue weighted by molar-refractivity contribution is 4.88. The second-order valence-electron chi connectivity index (χ2n) is 6.62. The van der Waals surface area contributed by atoms with E-state index in [0.29, 0.717) is 6.61 Å². The van der Waals surface area contributed by atoms with Crippen LogP contribution in [0.1, 0.15) is 64.7 Å². The van der Waals surface area contributed by atoms with Crippen molar-refractivity contribution < 1.29 is 24.8 Å². The molecule has 0 amide bonds. The van der Waals surface area contributed by atoms with E-state index in [2.05, 4.69) is 19.1 Å². The third-order valence-corrected chi connectivity index (χ3v) is 4.47. The van der Waals surface area contributed by atoms with Gasteiger partial charge in [0.2, 0.25) is 0 Å². The fraction of sp³-hybridized carbons (Fsp3) is 0.895. The third-order valence-electron chi connectivity index (χ3n) is 4.47. The first-order valence-corrected chi connectivity index (χ1v) is 9.55. The molecule has 3 N–H and O–H groups in total. The summed E-state index contributed by atoms with van der Waals surface area (Å²) in [6.45, 7) is 2.65. The first-order chi connectivity index (χ1) is 11.7. The summed E-state index contributed by atoms with van der Waals surface area (Å²) in [5.41, 5.74) is 0. The van der Waals surface area contributed by atoms with Crippen LogP contribution in [0, 0.1) is 0 Å². The Hall–Kier alpha value is -0.460. The van der Waals surface area contributed by atoms with Gasteiger partial charge in [-0.1, -0.05) is 51.2 Å². The summed E-state index contributed by atoms with van der Waals surface area (Å²) in [6.07, 6.45) is 12.2. The molecule has 0 spiro atoms. The Labute approximate surface area is 146 Å². The van der Waals surface area contributed by atoms with Crippen LogP contribution in [0.25, 0.3) is 0 Å². The summed E-state index contributed by atoms with van der Waals surface area (Å²) in [5.74, 6) is 0. The van der Waals surface area contributed by atoms with Crippen LogP contribution in [-0.4, -0.2) is 59.6 Å². The molecule has 0 aromatic carbocycles. The summed E-state index contributed by atoms with van der Waals surface area (Å²) in [5, 5.41) is 28.6. The lowest BCUT2D eigenvalue weighted by atomic mass is 10.1. The molecule has 0 radical (unpaired) electrons. The van der Waals surface area contributed by atoms with E-state index in [9.17, 15) is 15.3 Å². The molecular formula is C19H36O5. The number of aliphatic hydroxyl groups is 3. The summed E-state index contributed by atoms with van der Waals surface area (Å²) in [6, 6.07) is 0. The van der Waals surface area contributed by atoms with Crippen molar-refractivity contribution >= 4 is 0 Å². The third kappa shape index (κ3) is 8.58. The summed E-state index contributed by atoms with van der Waals surface area (Å²) < 4.78 is 10.9. The van der Waals surface area contributed by atoms with E-state index < -0.39 is 24.4 Å². The smallest absolute Gasteiger partial charge is 0.114 e. The van der Waals surface area contributed by atoms with E-state index in [0.717, 1.165) is 12.8 Å². The van der Waals surface area contributed by atoms with Gasteiger partial charge in [-0.2, -0.15) is 0 Å². The van der Waals surface area contributed by atoms with Gasteiger partial charge in [-0.05, 0) is 25.7 Å². The molecule has 5 heteroatoms. The standard InChI is InChI=1S/C19H36O5/c1-2-3-4-5-6-7-8-9-10-11-12-13-23-17(14-20)19-18(22)16(21)15-24-19/h5-6,16-22H,2-4,7-15H2,1H3/b6-5+/t16-,17+,18+,19+/m0/s1. The Bertz CT molecular complexity index is 321. The molecule has 0 saturated carbocycles. The molecule has 24 heavy (non-hydrogen) atoms. The fourth-order valence-corrected chi connectivity index (χ4v) is 2.89. The summed E-state index contributed by atoms with van der Waals surface area (Å²) in [4.78, 5) is 0. The van der Waals surface area contributed by atoms with Gasteiger partial charge in [0.25, 0.3) is 0 Å². The maximum Gasteiger partial charge on any atom is 0.114 e. The fourth-order valence-electron chi connectivity index (χ4n) is 2.89. The van der Waals surface area contributed by atoms with Gasteiger partial charge in [-0.15, -0.1) is 0 Å². The van der Waals surface area contributed by atoms with Crippen LogP contribution in [0.4, 0.5) is 0 Å². The van der Waals surface area contributed by atoms with Crippen molar-refractivity contribution in [3.8, 4) is 0 Å². The van der Waals surface area contributed by atoms with Crippen molar-refractivity contribution in [1.82, 2.24) is 0 Å². The van der Waals surface area contributed by atoms with Gasteiger partial charge in [0, 0.05) is 6.61 Å². The van der Waals surface area contributed by atoms with E-state index in [1.54, 1.807) is 0 Å². The van der Waals surface area contributed by atoms with Gasteiger partial charge in [0.15, 0.2) is 0 Å². The highest BCUT2D eigenvalue weighted by atomic mass is 16.6. The Morgan fingerprint density at radius 3 is 2.33 bits per heavy atom. The lowest BCUT2D eigenvalue weighted by Gasteiger charge is -2.24. The molecule has 4 atom stereocenters. The normalized spacial score (nSPS) is 25.6. The van der Waals surface area contributed by atoms with Crippen molar-refractivity contribution in [3.05, 3.63) is 12.2 Å². The van der Waals surface area contributed by atoms with Crippen molar-refractivity contribution in [3.63, 3.8) is 0 Å². The molecule has 1 fully saturated rings. The molecule has 0 aromatic rings. The zero-order valence-corrected chi connectivity index (χ0v) is 15.1. The topological polar surface area (TPSA) is 79.2 Å². The molecule has 142 valence electrons. The van der Waals surface area contributed by atoms with Crippen LogP contribution in [0.5, 0.6) is 0 Å². The van der Waals surface area contributed by atoms with Crippen molar-refractivity contribution in [1.29, 1.82) is 0 Å². The molecule has 1 saturated heterocycles. The van der Waals surface area contributed by atoms with Crippen molar-refractivity contribution in [2.45, 2.75) is 89.1 Å². The lowest BCUT2D eigenvalue weighted by Crippen LogP contribution is -2.42. The number of rotatable bonds is 14. The predicted molar refractivity (Wildman–Crippen MR) is 94.9 cm³/mol. The second kappa shape index (κ2) is 13.8. The average Bonchev–Trinajstić information content (AvgIpc) is 2.92. The molecule has 1 rings (SSSR count). The molecule has 1 heterocycles. The maximum absolute atomic E-state index is 9.78. The van der Waals surface area contributed by atoms with Gasteiger partial charge >= 0.3 is 0 Å². The van der Waals surface area contributed by atoms with Gasteiger partial charge in [0.05, 0.1) is 13.2 Å². The average molecular weight is 344 g/mol. The zero-order chi connectivity index (χ0) is 17.6. The van der Waals surface area contributed by atoms with Crippen LogP contribution < -0.4 is 0 Å². The van der Waals surface area contributed by atoms with Gasteiger partial charge in [-0.3, -0.25) is 0 Å². The van der Waals surface area contributed by atoms with Crippen molar-refractivity contribution in [2.24, 2.45) is 0 Å². The first-order valence-electron chi connectivity index (χ1n) is 9.55. The van der Waals surface area contributed by atoms with E-state index in [-0.39, 0.29) is 13.2 Å². The van der Waals surface area contributed by atoms with Crippen molar-refractivity contribution in [2.75, 3.05) is 19.8 Å². The van der Waals surface area contributed by atoms with Gasteiger partial charge in [0.1, 0.15) is 24.4 Å². The van der Waals surface area contributed by atoms with E-state index in [1.807, 2.05) is 0 Å². The quantitative estimate of drug-likeness (QED) is 0.333. The Balaban J connectivity index is 1.96. The van der Waals surface area contributed by atoms with E-state index in [4.69, 9.17) is 9.47 Å². The molecule has 1 aliphatic rings. The molecule has 0 unspecified atom stereocenters. The van der Waals surface area contributed by atoms with Crippen LogP contribution >= 0.6 is 0 Å². The summed E-state index contributed by atoms with van der Waals surface area (Å²) >= 11 is 0. The first kappa shape index (κ1) is 21.6. The van der Waals surface area contributed by atoms with E-state index in [1.165, 1.54) is 44.9 Å². The monoisotopic (exact) mass is 344 g/mol. The highest BCUT2D eigenvalue weighted by Crippen LogP contribution is 2.19. The molecular weight excluding hydrogens is 308 g/mol. The largest absolute Gasteiger partial charge is 0.394 e. The van der Waals surface area contributed by atoms with Crippen LogP contribution in [-0.2, 0) is 9.47 Å². The summed E-state index contributed by atoms with van der Waals surface area (Å²) in [7, 11) is 0. The number of ether oxygens (including phenoxy) is 2. The van der Waals surface area contributed by atoms with Crippen LogP contribution in [0.15, 0.2) is 12.2 Å². The molecule has 1 aliphatic heterocycles. The highest BCUT2D eigenvalue weighted by Gasteiger charge is 2.40. The molecule has 0 bridgehead atoms. The predicted octanol–water partition coefficient (Wildman–Crippen LogP) is 2.57. The lowest BCUT2D eigenvalue weighted by molar-refractivity contribution is -0.101. The van der Waals surface area contributed by atoms with Gasteiger partial charge in [-0.25, -0.2) is 0 Å². The minimum atomic E-state index is -0.979. The second-order valence-corrected chi connectivity index (χ2v) is 6.62. The number of hydrogen-bond donors (Lipinski definition) is 3. The molecule has 5 nitrogen and oxygen atoms in total. The van der Waals surface area contributed by atoms with Gasteiger partial charge < -0.3 is 24.8 Å². The Morgan fingerprint density at radius 1 is 1.04 bits per heavy atom. The molecule has 0 aromatic heterocycles. The van der Waals surface area contributed by atoms with Crippen LogP contribution in [0.2, 0.25) is 0 Å². The zero-order valence-electron chi connectivity index (χ0n) is 15.1. The number of allylic oxidation sites excluding steroid dienone is 2. The number of hydrogen-bond acceptors (Lipinski definition) is 5. The Kier molecular flexibility index (Phi) is 12.4. The van der Waals surface area contributed by atoms with E-state index >= 15 is 0 Å². The Morgan fingerprint density at radius 2 is 1.71 bits per heavy atom. The SMILES string of the molecule is CCCC/C=C/CCCCCCCO[C@H](CO)[C@H]1OC[C@H](O)[C@H]1O.